The van der Waals surface area contributed by atoms with E-state index in [1.165, 1.54) is 24.6 Å². The summed E-state index contributed by atoms with van der Waals surface area (Å²) in [5.41, 5.74) is 0.520. The Kier molecular flexibility index (Phi) is 5.57. The molecule has 1 N–H and O–H groups in total. The number of halogens is 2. The van der Waals surface area contributed by atoms with Gasteiger partial charge in [0.25, 0.3) is 5.91 Å². The van der Waals surface area contributed by atoms with Crippen LogP contribution in [0.5, 0.6) is 0 Å². The van der Waals surface area contributed by atoms with Crippen LogP contribution in [0.25, 0.3) is 0 Å². The molecule has 0 saturated carbocycles. The number of nitrogens with one attached hydrogen (secondary N) is 1. The summed E-state index contributed by atoms with van der Waals surface area (Å²) < 4.78 is 19.2. The van der Waals surface area contributed by atoms with Crippen LogP contribution in [0.15, 0.2) is 18.2 Å². The molecule has 0 aliphatic carbocycles. The fraction of sp³-hybridized carbons (Fsp3) is 0.500. The number of benzene rings is 1. The molecule has 1 aliphatic heterocycles. The van der Waals surface area contributed by atoms with Gasteiger partial charge in [-0.1, -0.05) is 0 Å². The predicted molar refractivity (Wildman–Crippen MR) is 79.7 cm³/mol. The van der Waals surface area contributed by atoms with Crippen LogP contribution in [0.1, 0.15) is 36.0 Å². The molecule has 3 nitrogen and oxygen atoms in total. The molecular formula is C14H17FINO2. The van der Waals surface area contributed by atoms with E-state index in [4.69, 9.17) is 4.74 Å². The van der Waals surface area contributed by atoms with Gasteiger partial charge < -0.3 is 10.1 Å². The second-order valence-electron chi connectivity index (χ2n) is 4.66. The van der Waals surface area contributed by atoms with Crippen molar-refractivity contribution in [2.45, 2.75) is 31.8 Å². The summed E-state index contributed by atoms with van der Waals surface area (Å²) in [7, 11) is 0. The Morgan fingerprint density at radius 2 is 2.32 bits per heavy atom. The van der Waals surface area contributed by atoms with Gasteiger partial charge in [0.1, 0.15) is 5.82 Å². The number of hydrogen-bond acceptors (Lipinski definition) is 2. The Morgan fingerprint density at radius 3 is 3.00 bits per heavy atom. The summed E-state index contributed by atoms with van der Waals surface area (Å²) in [5.74, 6) is -0.475. The van der Waals surface area contributed by atoms with Crippen molar-refractivity contribution >= 4 is 28.5 Å². The highest BCUT2D eigenvalue weighted by atomic mass is 127. The van der Waals surface area contributed by atoms with Crippen molar-refractivity contribution < 1.29 is 13.9 Å². The molecule has 1 aromatic carbocycles. The summed E-state index contributed by atoms with van der Waals surface area (Å²) in [5, 5.41) is 2.86. The highest BCUT2D eigenvalue weighted by Crippen LogP contribution is 2.16. The van der Waals surface area contributed by atoms with E-state index in [9.17, 15) is 9.18 Å². The third-order valence-electron chi connectivity index (χ3n) is 3.20. The van der Waals surface area contributed by atoms with Gasteiger partial charge in [0.15, 0.2) is 0 Å². The molecule has 1 unspecified atom stereocenters. The molecule has 19 heavy (non-hydrogen) atoms. The highest BCUT2D eigenvalue weighted by Gasteiger charge is 2.15. The van der Waals surface area contributed by atoms with Crippen LogP contribution in [-0.2, 0) is 4.74 Å². The zero-order chi connectivity index (χ0) is 13.7. The van der Waals surface area contributed by atoms with E-state index in [-0.39, 0.29) is 17.8 Å². The maximum atomic E-state index is 13.0. The van der Waals surface area contributed by atoms with Crippen LogP contribution >= 0.6 is 22.6 Å². The van der Waals surface area contributed by atoms with E-state index in [0.29, 0.717) is 15.7 Å². The third-order valence-corrected chi connectivity index (χ3v) is 4.09. The van der Waals surface area contributed by atoms with Crippen molar-refractivity contribution in [1.29, 1.82) is 0 Å². The maximum Gasteiger partial charge on any atom is 0.252 e. The number of carbonyl (C=O) groups is 1. The zero-order valence-corrected chi connectivity index (χ0v) is 12.8. The Hall–Kier alpha value is -0.690. The third kappa shape index (κ3) is 4.42. The number of ether oxygens (including phenoxy) is 1. The molecule has 1 aromatic rings. The Balaban J connectivity index is 1.80. The molecule has 1 atom stereocenters. The van der Waals surface area contributed by atoms with Crippen molar-refractivity contribution in [3.63, 3.8) is 0 Å². The van der Waals surface area contributed by atoms with E-state index in [1.807, 2.05) is 22.6 Å². The van der Waals surface area contributed by atoms with Crippen molar-refractivity contribution in [3.8, 4) is 0 Å². The van der Waals surface area contributed by atoms with Crippen LogP contribution in [0.4, 0.5) is 4.39 Å². The van der Waals surface area contributed by atoms with Gasteiger partial charge in [-0.05, 0) is 66.5 Å². The smallest absolute Gasteiger partial charge is 0.252 e. The number of rotatable bonds is 4. The fourth-order valence-electron chi connectivity index (χ4n) is 2.15. The lowest BCUT2D eigenvalue weighted by molar-refractivity contribution is 0.0117. The highest BCUT2D eigenvalue weighted by molar-refractivity contribution is 14.1. The van der Waals surface area contributed by atoms with Gasteiger partial charge in [0.2, 0.25) is 0 Å². The van der Waals surface area contributed by atoms with Gasteiger partial charge in [-0.3, -0.25) is 4.79 Å². The van der Waals surface area contributed by atoms with Crippen LogP contribution in [-0.4, -0.2) is 25.2 Å². The molecule has 0 spiro atoms. The maximum absolute atomic E-state index is 13.0. The second-order valence-corrected chi connectivity index (χ2v) is 5.82. The first-order valence-electron chi connectivity index (χ1n) is 6.51. The molecule has 1 saturated heterocycles. The number of amides is 1. The monoisotopic (exact) mass is 377 g/mol. The van der Waals surface area contributed by atoms with Crippen LogP contribution in [0, 0.1) is 9.39 Å². The molecule has 1 aliphatic rings. The lowest BCUT2D eigenvalue weighted by atomic mass is 10.1. The van der Waals surface area contributed by atoms with Gasteiger partial charge in [-0.15, -0.1) is 0 Å². The molecule has 5 heteroatoms. The van der Waals surface area contributed by atoms with E-state index in [1.54, 1.807) is 0 Å². The lowest BCUT2D eigenvalue weighted by Crippen LogP contribution is -2.29. The first-order valence-corrected chi connectivity index (χ1v) is 7.59. The van der Waals surface area contributed by atoms with E-state index >= 15 is 0 Å². The molecular weight excluding hydrogens is 360 g/mol. The summed E-state index contributed by atoms with van der Waals surface area (Å²) in [6.07, 6.45) is 4.51. The van der Waals surface area contributed by atoms with Crippen molar-refractivity contribution in [2.24, 2.45) is 0 Å². The topological polar surface area (TPSA) is 38.3 Å². The summed E-state index contributed by atoms with van der Waals surface area (Å²) in [6, 6.07) is 4.19. The molecule has 0 radical (unpaired) electrons. The Morgan fingerprint density at radius 1 is 1.47 bits per heavy atom. The quantitative estimate of drug-likeness (QED) is 0.819. The average molecular weight is 377 g/mol. The van der Waals surface area contributed by atoms with Gasteiger partial charge >= 0.3 is 0 Å². The number of carbonyl (C=O) groups excluding carboxylic acids is 1. The van der Waals surface area contributed by atoms with Gasteiger partial charge in [0.05, 0.1) is 11.7 Å². The first-order chi connectivity index (χ1) is 9.16. The molecule has 0 bridgehead atoms. The molecule has 1 heterocycles. The molecule has 0 aromatic heterocycles. The molecule has 1 amide bonds. The zero-order valence-electron chi connectivity index (χ0n) is 10.6. The molecule has 2 rings (SSSR count). The minimum absolute atomic E-state index is 0.153. The van der Waals surface area contributed by atoms with E-state index < -0.39 is 0 Å². The SMILES string of the molecule is O=C(NCCC1CCCCO1)c1ccc(F)cc1I. The first kappa shape index (κ1) is 14.7. The van der Waals surface area contributed by atoms with Crippen LogP contribution in [0.3, 0.4) is 0 Å². The van der Waals surface area contributed by atoms with E-state index in [2.05, 4.69) is 5.32 Å². The summed E-state index contributed by atoms with van der Waals surface area (Å²) in [4.78, 5) is 11.9. The second kappa shape index (κ2) is 7.19. The van der Waals surface area contributed by atoms with Crippen molar-refractivity contribution in [1.82, 2.24) is 5.32 Å². The van der Waals surface area contributed by atoms with E-state index in [0.717, 1.165) is 25.9 Å². The molecule has 1 fully saturated rings. The Labute approximate surface area is 126 Å². The standard InChI is InChI=1S/C14H17FINO2/c15-10-4-5-12(13(16)9-10)14(18)17-7-6-11-3-1-2-8-19-11/h4-5,9,11H,1-3,6-8H2,(H,17,18). The Bertz CT molecular complexity index is 447. The largest absolute Gasteiger partial charge is 0.378 e. The minimum atomic E-state index is -0.323. The van der Waals surface area contributed by atoms with Gasteiger partial charge in [-0.25, -0.2) is 4.39 Å². The summed E-state index contributed by atoms with van der Waals surface area (Å²) in [6.45, 7) is 1.42. The van der Waals surface area contributed by atoms with Crippen molar-refractivity contribution in [3.05, 3.63) is 33.1 Å². The normalized spacial score (nSPS) is 19.2. The van der Waals surface area contributed by atoms with Gasteiger partial charge in [0, 0.05) is 16.7 Å². The minimum Gasteiger partial charge on any atom is -0.378 e. The average Bonchev–Trinajstić information content (AvgIpc) is 2.39. The summed E-state index contributed by atoms with van der Waals surface area (Å²) >= 11 is 1.97. The van der Waals surface area contributed by atoms with Crippen LogP contribution in [0.2, 0.25) is 0 Å². The van der Waals surface area contributed by atoms with Crippen LogP contribution < -0.4 is 5.32 Å². The fourth-order valence-corrected chi connectivity index (χ4v) is 2.87. The number of hydrogen-bond donors (Lipinski definition) is 1. The van der Waals surface area contributed by atoms with Crippen molar-refractivity contribution in [2.75, 3.05) is 13.2 Å². The molecule has 104 valence electrons. The predicted octanol–water partition coefficient (Wildman–Crippen LogP) is 3.12. The van der Waals surface area contributed by atoms with Gasteiger partial charge in [-0.2, -0.15) is 0 Å². The lowest BCUT2D eigenvalue weighted by Gasteiger charge is -2.22.